The highest BCUT2D eigenvalue weighted by atomic mass is 16.4. The number of carboxylic acids is 1. The third-order valence-electron chi connectivity index (χ3n) is 3.59. The zero-order valence-electron chi connectivity index (χ0n) is 11.5. The molecule has 0 spiro atoms. The molecule has 0 aliphatic carbocycles. The zero-order valence-corrected chi connectivity index (χ0v) is 11.5. The van der Waals surface area contributed by atoms with Crippen LogP contribution in [0.1, 0.15) is 18.9 Å². The lowest BCUT2D eigenvalue weighted by Gasteiger charge is -2.27. The summed E-state index contributed by atoms with van der Waals surface area (Å²) in [6.45, 7) is 2.50. The lowest BCUT2D eigenvalue weighted by molar-refractivity contribution is -0.143. The maximum Gasteiger partial charge on any atom is 0.313 e. The van der Waals surface area contributed by atoms with Crippen molar-refractivity contribution in [1.82, 2.24) is 14.9 Å². The van der Waals surface area contributed by atoms with Gasteiger partial charge >= 0.3 is 5.97 Å². The first-order valence-electron chi connectivity index (χ1n) is 6.25. The molecule has 0 bridgehead atoms. The molecule has 1 aromatic heterocycles. The molecule has 1 aromatic carbocycles. The average Bonchev–Trinajstić information content (AvgIpc) is 2.82. The Kier molecular flexibility index (Phi) is 3.57. The Balaban J connectivity index is 2.39. The minimum absolute atomic E-state index is 0.564. The van der Waals surface area contributed by atoms with Crippen molar-refractivity contribution < 1.29 is 9.90 Å². The fourth-order valence-electron chi connectivity index (χ4n) is 2.10. The SMILES string of the molecule is CN(C)CCC(C)(C(=O)O)c1ccc2nc[nH]c2c1. The zero-order chi connectivity index (χ0) is 14.0. The van der Waals surface area contributed by atoms with E-state index in [0.29, 0.717) is 6.42 Å². The molecular formula is C14H19N3O2. The standard InChI is InChI=1S/C14H19N3O2/c1-14(13(18)19,6-7-17(2)3)10-4-5-11-12(8-10)16-9-15-11/h4-5,8-9H,6-7H2,1-3H3,(H,15,16)(H,18,19). The number of hydrogen-bond donors (Lipinski definition) is 2. The van der Waals surface area contributed by atoms with Crippen LogP contribution in [-0.4, -0.2) is 46.6 Å². The topological polar surface area (TPSA) is 69.2 Å². The Hall–Kier alpha value is -1.88. The van der Waals surface area contributed by atoms with Crippen molar-refractivity contribution in [3.8, 4) is 0 Å². The molecule has 0 aliphatic heterocycles. The molecular weight excluding hydrogens is 242 g/mol. The molecule has 1 unspecified atom stereocenters. The van der Waals surface area contributed by atoms with Crippen LogP contribution in [0.3, 0.4) is 0 Å². The monoisotopic (exact) mass is 261 g/mol. The fourth-order valence-corrected chi connectivity index (χ4v) is 2.10. The summed E-state index contributed by atoms with van der Waals surface area (Å²) >= 11 is 0. The van der Waals surface area contributed by atoms with Gasteiger partial charge in [-0.2, -0.15) is 0 Å². The lowest BCUT2D eigenvalue weighted by Crippen LogP contribution is -2.35. The number of imidazole rings is 1. The van der Waals surface area contributed by atoms with Gasteiger partial charge in [0.1, 0.15) is 0 Å². The Bertz CT molecular complexity index is 591. The van der Waals surface area contributed by atoms with Crippen molar-refractivity contribution in [3.05, 3.63) is 30.1 Å². The summed E-state index contributed by atoms with van der Waals surface area (Å²) in [6.07, 6.45) is 2.18. The number of H-pyrrole nitrogens is 1. The van der Waals surface area contributed by atoms with Crippen LogP contribution in [0.5, 0.6) is 0 Å². The van der Waals surface area contributed by atoms with E-state index in [4.69, 9.17) is 0 Å². The third kappa shape index (κ3) is 2.61. The van der Waals surface area contributed by atoms with Crippen molar-refractivity contribution in [1.29, 1.82) is 0 Å². The predicted octanol–water partition coefficient (Wildman–Crippen LogP) is 1.86. The summed E-state index contributed by atoms with van der Waals surface area (Å²) in [5.41, 5.74) is 1.64. The van der Waals surface area contributed by atoms with Gasteiger partial charge in [0.2, 0.25) is 0 Å². The van der Waals surface area contributed by atoms with Crippen molar-refractivity contribution in [2.24, 2.45) is 0 Å². The smallest absolute Gasteiger partial charge is 0.313 e. The number of nitrogens with zero attached hydrogens (tertiary/aromatic N) is 2. The first kappa shape index (κ1) is 13.5. The summed E-state index contributed by atoms with van der Waals surface area (Å²) in [6, 6.07) is 5.59. The average molecular weight is 261 g/mol. The molecule has 2 N–H and O–H groups in total. The van der Waals surface area contributed by atoms with Crippen molar-refractivity contribution >= 4 is 17.0 Å². The minimum atomic E-state index is -0.885. The molecule has 5 heteroatoms. The number of aliphatic carboxylic acids is 1. The summed E-state index contributed by atoms with van der Waals surface area (Å²) in [4.78, 5) is 20.8. The van der Waals surface area contributed by atoms with E-state index in [1.54, 1.807) is 13.3 Å². The van der Waals surface area contributed by atoms with E-state index in [2.05, 4.69) is 9.97 Å². The van der Waals surface area contributed by atoms with E-state index in [0.717, 1.165) is 23.1 Å². The number of aromatic nitrogens is 2. The van der Waals surface area contributed by atoms with Gasteiger partial charge in [-0.15, -0.1) is 0 Å². The number of hydrogen-bond acceptors (Lipinski definition) is 3. The van der Waals surface area contributed by atoms with Crippen molar-refractivity contribution in [3.63, 3.8) is 0 Å². The summed E-state index contributed by atoms with van der Waals surface area (Å²) in [5.74, 6) is -0.798. The molecule has 1 atom stereocenters. The number of carbonyl (C=O) groups is 1. The number of benzene rings is 1. The Morgan fingerprint density at radius 1 is 1.47 bits per heavy atom. The molecule has 0 amide bonds. The second kappa shape index (κ2) is 5.01. The van der Waals surface area contributed by atoms with Crippen LogP contribution in [0.2, 0.25) is 0 Å². The molecule has 5 nitrogen and oxygen atoms in total. The number of nitrogens with one attached hydrogen (secondary N) is 1. The summed E-state index contributed by atoms with van der Waals surface area (Å²) in [7, 11) is 3.89. The molecule has 0 aliphatic rings. The van der Waals surface area contributed by atoms with Crippen LogP contribution in [0.4, 0.5) is 0 Å². The van der Waals surface area contributed by atoms with Crippen LogP contribution in [-0.2, 0) is 10.2 Å². The Labute approximate surface area is 112 Å². The van der Waals surface area contributed by atoms with E-state index in [-0.39, 0.29) is 0 Å². The largest absolute Gasteiger partial charge is 0.481 e. The molecule has 1 heterocycles. The van der Waals surface area contributed by atoms with Crippen LogP contribution >= 0.6 is 0 Å². The molecule has 102 valence electrons. The third-order valence-corrected chi connectivity index (χ3v) is 3.59. The molecule has 2 rings (SSSR count). The fraction of sp³-hybridized carbons (Fsp3) is 0.429. The minimum Gasteiger partial charge on any atom is -0.481 e. The summed E-state index contributed by atoms with van der Waals surface area (Å²) in [5, 5.41) is 9.58. The molecule has 0 saturated carbocycles. The van der Waals surface area contributed by atoms with Gasteiger partial charge in [-0.3, -0.25) is 4.79 Å². The molecule has 0 fully saturated rings. The number of rotatable bonds is 5. The van der Waals surface area contributed by atoms with Gasteiger partial charge in [0.25, 0.3) is 0 Å². The predicted molar refractivity (Wildman–Crippen MR) is 74.3 cm³/mol. The van der Waals surface area contributed by atoms with Gasteiger partial charge in [-0.05, 0) is 51.7 Å². The Morgan fingerprint density at radius 2 is 2.21 bits per heavy atom. The van der Waals surface area contributed by atoms with Crippen LogP contribution in [0.25, 0.3) is 11.0 Å². The van der Waals surface area contributed by atoms with Crippen LogP contribution in [0.15, 0.2) is 24.5 Å². The van der Waals surface area contributed by atoms with Gasteiger partial charge < -0.3 is 15.0 Å². The van der Waals surface area contributed by atoms with Gasteiger partial charge in [0, 0.05) is 0 Å². The number of fused-ring (bicyclic) bond motifs is 1. The Morgan fingerprint density at radius 3 is 2.84 bits per heavy atom. The van der Waals surface area contributed by atoms with E-state index in [1.165, 1.54) is 0 Å². The first-order chi connectivity index (χ1) is 8.93. The van der Waals surface area contributed by atoms with Crippen LogP contribution in [0, 0.1) is 0 Å². The lowest BCUT2D eigenvalue weighted by atomic mass is 9.79. The van der Waals surface area contributed by atoms with Crippen molar-refractivity contribution in [2.45, 2.75) is 18.8 Å². The van der Waals surface area contributed by atoms with Crippen LogP contribution < -0.4 is 0 Å². The number of carboxylic acid groups (broad SMARTS) is 1. The second-order valence-corrected chi connectivity index (χ2v) is 5.32. The maximum atomic E-state index is 11.7. The molecule has 19 heavy (non-hydrogen) atoms. The van der Waals surface area contributed by atoms with Crippen molar-refractivity contribution in [2.75, 3.05) is 20.6 Å². The number of aromatic amines is 1. The van der Waals surface area contributed by atoms with E-state index in [1.807, 2.05) is 37.2 Å². The van der Waals surface area contributed by atoms with Gasteiger partial charge in [-0.1, -0.05) is 6.07 Å². The highest BCUT2D eigenvalue weighted by Crippen LogP contribution is 2.30. The van der Waals surface area contributed by atoms with E-state index >= 15 is 0 Å². The molecule has 0 radical (unpaired) electrons. The second-order valence-electron chi connectivity index (χ2n) is 5.32. The normalized spacial score (nSPS) is 14.7. The quantitative estimate of drug-likeness (QED) is 0.862. The van der Waals surface area contributed by atoms with Gasteiger partial charge in [0.05, 0.1) is 22.8 Å². The highest BCUT2D eigenvalue weighted by Gasteiger charge is 2.35. The first-order valence-corrected chi connectivity index (χ1v) is 6.25. The maximum absolute atomic E-state index is 11.7. The summed E-state index contributed by atoms with van der Waals surface area (Å²) < 4.78 is 0. The van der Waals surface area contributed by atoms with E-state index in [9.17, 15) is 9.90 Å². The highest BCUT2D eigenvalue weighted by molar-refractivity contribution is 5.84. The van der Waals surface area contributed by atoms with E-state index < -0.39 is 11.4 Å². The van der Waals surface area contributed by atoms with Gasteiger partial charge in [0.15, 0.2) is 0 Å². The molecule has 2 aromatic rings. The molecule has 0 saturated heterocycles. The van der Waals surface area contributed by atoms with Gasteiger partial charge in [-0.25, -0.2) is 4.98 Å².